The average molecular weight is 1040 g/mol. The zero-order chi connectivity index (χ0) is 54.4. The van der Waals surface area contributed by atoms with Crippen molar-refractivity contribution in [3.8, 4) is 11.1 Å². The maximum atomic E-state index is 14.6. The molecule has 0 radical (unpaired) electrons. The second-order valence-electron chi connectivity index (χ2n) is 22.9. The van der Waals surface area contributed by atoms with Crippen molar-refractivity contribution >= 4 is 5.97 Å². The van der Waals surface area contributed by atoms with Crippen LogP contribution < -0.4 is 0 Å². The van der Waals surface area contributed by atoms with E-state index in [0.29, 0.717) is 45.7 Å². The molecule has 0 aliphatic carbocycles. The number of carbonyl (C=O) groups is 1. The van der Waals surface area contributed by atoms with Gasteiger partial charge in [0.2, 0.25) is 0 Å². The Bertz CT molecular complexity index is 2210. The molecule has 3 saturated heterocycles. The van der Waals surface area contributed by atoms with Gasteiger partial charge in [-0.1, -0.05) is 63.2 Å². The fourth-order valence-corrected chi connectivity index (χ4v) is 12.0. The molecule has 6 rings (SSSR count). The third-order valence-electron chi connectivity index (χ3n) is 16.7. The number of ether oxygens (including phenoxy) is 6. The number of aromatic nitrogens is 4. The van der Waals surface area contributed by atoms with E-state index in [4.69, 9.17) is 28.4 Å². The highest BCUT2D eigenvalue weighted by molar-refractivity contribution is 5.73. The van der Waals surface area contributed by atoms with Gasteiger partial charge in [-0.05, 0) is 111 Å². The zero-order valence-electron chi connectivity index (χ0n) is 46.6. The summed E-state index contributed by atoms with van der Waals surface area (Å²) in [6, 6.07) is 11.4. The second kappa shape index (κ2) is 25.3. The standard InChI is InChI=1S/C56H90N6O12/c1-15-46-56(11,68)49(64)38(7)61(13)30-33(2)27-54(9,67)51(36(5)47(37(6)52(66)73-46)45-28-55(10,69-14)50(65)39(8)72-45)74-53-48(63)44(26-35(4)71-53)60(12)23-22-43-31-62(59-58-43)24-25-70-32-40-17-20-41(21-18-40)42-19-16-34(3)57-29-42/h16-21,29,31,33,35-39,44-51,53,63-65,67-68H,15,22-28,30,32H2,1-14H3/t33-,35-,36+,37-,38-,39+,44+,45-,46-,47?,48-,49-,50+,51-,53+,54-,55-,56-/m1/s1. The largest absolute Gasteiger partial charge is 0.459 e. The van der Waals surface area contributed by atoms with Gasteiger partial charge in [0, 0.05) is 74.7 Å². The Hall–Kier alpha value is -3.50. The van der Waals surface area contributed by atoms with Crippen LogP contribution in [0.5, 0.6) is 0 Å². The number of aryl methyl sites for hydroxylation is 1. The van der Waals surface area contributed by atoms with E-state index < -0.39 is 102 Å². The zero-order valence-corrected chi connectivity index (χ0v) is 46.6. The average Bonchev–Trinajstić information content (AvgIpc) is 3.82. The van der Waals surface area contributed by atoms with Crippen LogP contribution in [-0.2, 0) is 52.8 Å². The number of nitrogens with zero attached hydrogens (tertiary/aromatic N) is 6. The van der Waals surface area contributed by atoms with E-state index in [9.17, 15) is 30.3 Å². The van der Waals surface area contributed by atoms with Gasteiger partial charge in [0.05, 0.1) is 67.0 Å². The van der Waals surface area contributed by atoms with Crippen molar-refractivity contribution in [1.29, 1.82) is 0 Å². The molecule has 18 atom stereocenters. The van der Waals surface area contributed by atoms with Gasteiger partial charge in [-0.25, -0.2) is 4.68 Å². The lowest BCUT2D eigenvalue weighted by Gasteiger charge is -2.51. The summed E-state index contributed by atoms with van der Waals surface area (Å²) < 4.78 is 40.0. The highest BCUT2D eigenvalue weighted by Gasteiger charge is 2.55. The Labute approximate surface area is 440 Å². The number of likely N-dealkylation sites (N-methyl/N-ethyl adjacent to an activating group) is 2. The summed E-state index contributed by atoms with van der Waals surface area (Å²) in [7, 11) is 5.35. The molecule has 1 aromatic carbocycles. The van der Waals surface area contributed by atoms with Crippen LogP contribution in [0, 0.1) is 30.6 Å². The Kier molecular flexibility index (Phi) is 20.4. The minimum Gasteiger partial charge on any atom is -0.459 e. The first kappa shape index (κ1) is 59.7. The number of esters is 1. The minimum atomic E-state index is -1.81. The summed E-state index contributed by atoms with van der Waals surface area (Å²) in [4.78, 5) is 23.1. The van der Waals surface area contributed by atoms with Crippen molar-refractivity contribution < 1.29 is 58.7 Å². The monoisotopic (exact) mass is 1040 g/mol. The first-order chi connectivity index (χ1) is 34.8. The van der Waals surface area contributed by atoms with Gasteiger partial charge in [0.15, 0.2) is 6.29 Å². The van der Waals surface area contributed by atoms with E-state index in [2.05, 4.69) is 50.5 Å². The fourth-order valence-electron chi connectivity index (χ4n) is 12.0. The molecule has 18 heteroatoms. The molecule has 416 valence electrons. The number of aliphatic hydroxyl groups excluding tert-OH is 3. The molecular weight excluding hydrogens is 949 g/mol. The lowest BCUT2D eigenvalue weighted by atomic mass is 9.68. The quantitative estimate of drug-likeness (QED) is 0.100. The molecule has 18 nitrogen and oxygen atoms in total. The van der Waals surface area contributed by atoms with Crippen molar-refractivity contribution in [2.45, 2.75) is 205 Å². The van der Waals surface area contributed by atoms with Gasteiger partial charge in [-0.3, -0.25) is 9.78 Å². The number of aliphatic hydroxyl groups is 5. The molecule has 5 heterocycles. The van der Waals surface area contributed by atoms with Crippen LogP contribution in [0.25, 0.3) is 11.1 Å². The Morgan fingerprint density at radius 2 is 1.62 bits per heavy atom. The first-order valence-electron chi connectivity index (χ1n) is 26.9. The molecule has 74 heavy (non-hydrogen) atoms. The molecule has 3 aromatic rings. The number of pyridine rings is 1. The molecule has 5 N–H and O–H groups in total. The van der Waals surface area contributed by atoms with E-state index in [-0.39, 0.29) is 31.3 Å². The summed E-state index contributed by atoms with van der Waals surface area (Å²) in [6.45, 7) is 22.4. The highest BCUT2D eigenvalue weighted by Crippen LogP contribution is 2.45. The predicted molar refractivity (Wildman–Crippen MR) is 280 cm³/mol. The summed E-state index contributed by atoms with van der Waals surface area (Å²) in [5.41, 5.74) is 0.581. The smallest absolute Gasteiger partial charge is 0.309 e. The van der Waals surface area contributed by atoms with Crippen LogP contribution in [-0.4, -0.2) is 186 Å². The van der Waals surface area contributed by atoms with Gasteiger partial charge in [-0.15, -0.1) is 5.10 Å². The van der Waals surface area contributed by atoms with Gasteiger partial charge >= 0.3 is 5.97 Å². The summed E-state index contributed by atoms with van der Waals surface area (Å²) in [5, 5.41) is 68.9. The topological polar surface area (TPSA) is 224 Å². The molecule has 3 aliphatic heterocycles. The Morgan fingerprint density at radius 3 is 2.27 bits per heavy atom. The molecule has 3 fully saturated rings. The van der Waals surface area contributed by atoms with E-state index >= 15 is 0 Å². The van der Waals surface area contributed by atoms with Crippen LogP contribution in [0.1, 0.15) is 112 Å². The maximum Gasteiger partial charge on any atom is 0.309 e. The van der Waals surface area contributed by atoms with Gasteiger partial charge < -0.3 is 63.8 Å². The maximum absolute atomic E-state index is 14.6. The number of hydrogen-bond donors (Lipinski definition) is 5. The van der Waals surface area contributed by atoms with Crippen LogP contribution in [0.3, 0.4) is 0 Å². The normalized spacial score (nSPS) is 38.3. The second-order valence-corrected chi connectivity index (χ2v) is 22.9. The molecule has 0 bridgehead atoms. The van der Waals surface area contributed by atoms with Crippen LogP contribution in [0.15, 0.2) is 48.8 Å². The van der Waals surface area contributed by atoms with Gasteiger partial charge in [0.1, 0.15) is 30.0 Å². The Balaban J connectivity index is 1.18. The van der Waals surface area contributed by atoms with E-state index in [1.165, 1.54) is 14.0 Å². The predicted octanol–water partition coefficient (Wildman–Crippen LogP) is 4.97. The number of methoxy groups -OCH3 is 1. The molecule has 1 unspecified atom stereocenters. The van der Waals surface area contributed by atoms with Gasteiger partial charge in [-0.2, -0.15) is 0 Å². The van der Waals surface area contributed by atoms with Crippen LogP contribution >= 0.6 is 0 Å². The SMILES string of the molecule is CC[C@H]1OC(=O)[C@H](C)C([C@H]2C[C@@](C)(OC)[C@@H](O)[C@H](C)O2)[C@H](C)[C@@H](O[C@@H]2O[C@H](C)C[C@H](N(C)CCc3cn(CCOCc4ccc(-c5ccc(C)nc5)cc4)nn3)[C@H]2O)[C@](C)(O)C[C@@H](C)CN(C)[C@H](C)[C@@H](O)[C@]1(C)O. The first-order valence-corrected chi connectivity index (χ1v) is 26.9. The van der Waals surface area contributed by atoms with Crippen LogP contribution in [0.2, 0.25) is 0 Å². The number of cyclic esters (lactones) is 1. The van der Waals surface area contributed by atoms with Crippen molar-refractivity contribution in [3.05, 3.63) is 65.7 Å². The van der Waals surface area contributed by atoms with Crippen molar-refractivity contribution in [2.24, 2.45) is 23.7 Å². The van der Waals surface area contributed by atoms with E-state index in [1.807, 2.05) is 79.0 Å². The van der Waals surface area contributed by atoms with E-state index in [1.54, 1.807) is 32.4 Å². The van der Waals surface area contributed by atoms with E-state index in [0.717, 1.165) is 28.1 Å². The third-order valence-corrected chi connectivity index (χ3v) is 16.7. The van der Waals surface area contributed by atoms with Crippen molar-refractivity contribution in [1.82, 2.24) is 29.8 Å². The Morgan fingerprint density at radius 1 is 0.932 bits per heavy atom. The number of benzene rings is 1. The summed E-state index contributed by atoms with van der Waals surface area (Å²) in [6.07, 6.45) is -2.91. The molecule has 0 saturated carbocycles. The van der Waals surface area contributed by atoms with Crippen molar-refractivity contribution in [2.75, 3.05) is 40.9 Å². The minimum absolute atomic E-state index is 0.168. The molecule has 0 amide bonds. The molecule has 0 spiro atoms. The fraction of sp³-hybridized carbons (Fsp3) is 0.750. The molecular formula is C56H90N6O12. The molecule has 2 aromatic heterocycles. The number of hydrogen-bond acceptors (Lipinski definition) is 17. The number of rotatable bonds is 15. The van der Waals surface area contributed by atoms with Crippen LogP contribution in [0.4, 0.5) is 0 Å². The lowest BCUT2D eigenvalue weighted by molar-refractivity contribution is -0.302. The summed E-state index contributed by atoms with van der Waals surface area (Å²) in [5.74, 6) is -3.12. The van der Waals surface area contributed by atoms with Gasteiger partial charge in [0.25, 0.3) is 0 Å². The third kappa shape index (κ3) is 14.2. The number of carbonyl (C=O) groups excluding carboxylic acids is 1. The highest BCUT2D eigenvalue weighted by atomic mass is 16.7. The van der Waals surface area contributed by atoms with Crippen molar-refractivity contribution in [3.63, 3.8) is 0 Å². The lowest BCUT2D eigenvalue weighted by Crippen LogP contribution is -2.62. The summed E-state index contributed by atoms with van der Waals surface area (Å²) >= 11 is 0. The molecule has 3 aliphatic rings.